The minimum absolute atomic E-state index is 0.0241. The third-order valence-corrected chi connectivity index (χ3v) is 5.09. The van der Waals surface area contributed by atoms with Gasteiger partial charge in [-0.05, 0) is 30.2 Å². The average Bonchev–Trinajstić information content (AvgIpc) is 2.61. The lowest BCUT2D eigenvalue weighted by atomic mass is 10.2. The van der Waals surface area contributed by atoms with Crippen molar-refractivity contribution < 1.29 is 22.7 Å². The van der Waals surface area contributed by atoms with Gasteiger partial charge in [0.25, 0.3) is 0 Å². The van der Waals surface area contributed by atoms with Crippen molar-refractivity contribution in [3.05, 3.63) is 59.1 Å². The van der Waals surface area contributed by atoms with E-state index >= 15 is 0 Å². The molecule has 0 unspecified atom stereocenters. The van der Waals surface area contributed by atoms with Gasteiger partial charge in [0.2, 0.25) is 10.0 Å². The lowest BCUT2D eigenvalue weighted by Gasteiger charge is -2.10. The van der Waals surface area contributed by atoms with Gasteiger partial charge in [0.15, 0.2) is 6.61 Å². The number of esters is 1. The molecule has 0 bridgehead atoms. The van der Waals surface area contributed by atoms with Crippen LogP contribution in [0.5, 0.6) is 5.75 Å². The highest BCUT2D eigenvalue weighted by atomic mass is 35.5. The van der Waals surface area contributed by atoms with Gasteiger partial charge in [0.1, 0.15) is 5.75 Å². The molecule has 25 heavy (non-hydrogen) atoms. The normalized spacial score (nSPS) is 11.1. The highest BCUT2D eigenvalue weighted by Gasteiger charge is 2.16. The Morgan fingerprint density at radius 2 is 1.88 bits per heavy atom. The Labute approximate surface area is 151 Å². The number of carbonyl (C=O) groups is 1. The van der Waals surface area contributed by atoms with Crippen LogP contribution >= 0.6 is 11.6 Å². The second-order valence-electron chi connectivity index (χ2n) is 5.09. The zero-order valence-corrected chi connectivity index (χ0v) is 15.1. The predicted octanol–water partition coefficient (Wildman–Crippen LogP) is 2.41. The van der Waals surface area contributed by atoms with E-state index in [-0.39, 0.29) is 28.8 Å². The van der Waals surface area contributed by atoms with E-state index in [9.17, 15) is 13.2 Å². The number of hydrogen-bond donors (Lipinski definition) is 1. The highest BCUT2D eigenvalue weighted by molar-refractivity contribution is 7.89. The number of rotatable bonds is 8. The maximum absolute atomic E-state index is 12.3. The first-order valence-corrected chi connectivity index (χ1v) is 9.31. The van der Waals surface area contributed by atoms with Gasteiger partial charge in [-0.1, -0.05) is 41.9 Å². The topological polar surface area (TPSA) is 81.7 Å². The van der Waals surface area contributed by atoms with Crippen molar-refractivity contribution in [1.29, 1.82) is 0 Å². The first-order valence-electron chi connectivity index (χ1n) is 7.45. The van der Waals surface area contributed by atoms with Crippen LogP contribution in [0.1, 0.15) is 5.56 Å². The summed E-state index contributed by atoms with van der Waals surface area (Å²) in [5.74, 6) is -0.356. The summed E-state index contributed by atoms with van der Waals surface area (Å²) in [4.78, 5) is 11.1. The molecule has 0 radical (unpaired) electrons. The van der Waals surface area contributed by atoms with E-state index < -0.39 is 16.0 Å². The Morgan fingerprint density at radius 3 is 2.52 bits per heavy atom. The number of halogens is 1. The molecule has 8 heteroatoms. The summed E-state index contributed by atoms with van der Waals surface area (Å²) in [6.07, 6.45) is 0.578. The third kappa shape index (κ3) is 5.74. The fraction of sp³-hybridized carbons (Fsp3) is 0.235. The van der Waals surface area contributed by atoms with Gasteiger partial charge >= 0.3 is 5.97 Å². The summed E-state index contributed by atoms with van der Waals surface area (Å²) in [5, 5.41) is 0.0924. The van der Waals surface area contributed by atoms with E-state index in [4.69, 9.17) is 16.3 Å². The Hall–Kier alpha value is -2.09. The van der Waals surface area contributed by atoms with Crippen LogP contribution in [0.25, 0.3) is 0 Å². The smallest absolute Gasteiger partial charge is 0.343 e. The Kier molecular flexibility index (Phi) is 6.81. The molecule has 0 saturated heterocycles. The van der Waals surface area contributed by atoms with Gasteiger partial charge in [-0.3, -0.25) is 0 Å². The van der Waals surface area contributed by atoms with Crippen molar-refractivity contribution in [2.45, 2.75) is 11.3 Å². The third-order valence-electron chi connectivity index (χ3n) is 3.34. The monoisotopic (exact) mass is 383 g/mol. The number of sulfonamides is 1. The molecule has 0 aliphatic rings. The Bertz CT molecular complexity index is 824. The molecule has 0 aliphatic heterocycles. The van der Waals surface area contributed by atoms with E-state index in [1.165, 1.54) is 25.3 Å². The Morgan fingerprint density at radius 1 is 1.16 bits per heavy atom. The molecule has 1 N–H and O–H groups in total. The summed E-state index contributed by atoms with van der Waals surface area (Å²) in [7, 11) is -2.45. The van der Waals surface area contributed by atoms with Crippen LogP contribution in [0.3, 0.4) is 0 Å². The van der Waals surface area contributed by atoms with E-state index in [0.717, 1.165) is 5.56 Å². The van der Waals surface area contributed by atoms with Gasteiger partial charge in [-0.25, -0.2) is 17.9 Å². The zero-order chi connectivity index (χ0) is 18.3. The number of methoxy groups -OCH3 is 1. The number of benzene rings is 2. The molecule has 0 fully saturated rings. The second kappa shape index (κ2) is 8.84. The van der Waals surface area contributed by atoms with E-state index in [1.54, 1.807) is 0 Å². The van der Waals surface area contributed by atoms with Crippen molar-refractivity contribution in [3.63, 3.8) is 0 Å². The standard InChI is InChI=1S/C17H18ClNO5S/c1-23-17(20)12-24-16-8-7-14(11-15(16)18)25(21,22)19-10-9-13-5-3-2-4-6-13/h2-8,11,19H,9-10,12H2,1H3. The molecular weight excluding hydrogens is 366 g/mol. The first kappa shape index (κ1) is 19.2. The van der Waals surface area contributed by atoms with Crippen LogP contribution in [0.4, 0.5) is 0 Å². The molecule has 6 nitrogen and oxygen atoms in total. The fourth-order valence-corrected chi connectivity index (χ4v) is 3.38. The molecule has 0 spiro atoms. The molecule has 134 valence electrons. The maximum atomic E-state index is 12.3. The van der Waals surface area contributed by atoms with Crippen molar-refractivity contribution in [3.8, 4) is 5.75 Å². The SMILES string of the molecule is COC(=O)COc1ccc(S(=O)(=O)NCCc2ccccc2)cc1Cl. The van der Waals surface area contributed by atoms with Crippen LogP contribution in [-0.4, -0.2) is 34.6 Å². The summed E-state index contributed by atoms with van der Waals surface area (Å²) in [6.45, 7) is -0.0395. The van der Waals surface area contributed by atoms with Crippen molar-refractivity contribution in [2.75, 3.05) is 20.3 Å². The van der Waals surface area contributed by atoms with Gasteiger partial charge < -0.3 is 9.47 Å². The van der Waals surface area contributed by atoms with Crippen molar-refractivity contribution in [1.82, 2.24) is 4.72 Å². The van der Waals surface area contributed by atoms with Crippen LogP contribution < -0.4 is 9.46 Å². The summed E-state index contributed by atoms with van der Waals surface area (Å²) < 4.78 is 36.8. The molecule has 0 atom stereocenters. The van der Waals surface area contributed by atoms with Crippen LogP contribution in [0, 0.1) is 0 Å². The summed E-state index contributed by atoms with van der Waals surface area (Å²) >= 11 is 6.02. The van der Waals surface area contributed by atoms with Crippen LogP contribution in [0.15, 0.2) is 53.4 Å². The molecule has 2 aromatic carbocycles. The van der Waals surface area contributed by atoms with Crippen LogP contribution in [0.2, 0.25) is 5.02 Å². The summed E-state index contributed by atoms with van der Waals surface area (Å²) in [6, 6.07) is 13.6. The zero-order valence-electron chi connectivity index (χ0n) is 13.6. The largest absolute Gasteiger partial charge is 0.480 e. The minimum atomic E-state index is -3.69. The number of nitrogens with one attached hydrogen (secondary N) is 1. The van der Waals surface area contributed by atoms with Gasteiger partial charge in [-0.15, -0.1) is 0 Å². The van der Waals surface area contributed by atoms with Gasteiger partial charge in [0, 0.05) is 6.54 Å². The average molecular weight is 384 g/mol. The lowest BCUT2D eigenvalue weighted by Crippen LogP contribution is -2.26. The van der Waals surface area contributed by atoms with Crippen LogP contribution in [-0.2, 0) is 26.0 Å². The quantitative estimate of drug-likeness (QED) is 0.708. The molecule has 0 heterocycles. The molecule has 2 aromatic rings. The first-order chi connectivity index (χ1) is 11.9. The number of ether oxygens (including phenoxy) is 2. The van der Waals surface area contributed by atoms with Gasteiger partial charge in [0.05, 0.1) is 17.0 Å². The van der Waals surface area contributed by atoms with E-state index in [2.05, 4.69) is 9.46 Å². The highest BCUT2D eigenvalue weighted by Crippen LogP contribution is 2.27. The van der Waals surface area contributed by atoms with E-state index in [1.807, 2.05) is 30.3 Å². The van der Waals surface area contributed by atoms with Crippen molar-refractivity contribution in [2.24, 2.45) is 0 Å². The lowest BCUT2D eigenvalue weighted by molar-refractivity contribution is -0.142. The number of carbonyl (C=O) groups excluding carboxylic acids is 1. The molecule has 0 amide bonds. The Balaban J connectivity index is 1.99. The molecule has 2 rings (SSSR count). The fourth-order valence-electron chi connectivity index (χ4n) is 2.02. The predicted molar refractivity (Wildman–Crippen MR) is 94.3 cm³/mol. The number of hydrogen-bond acceptors (Lipinski definition) is 5. The molecule has 0 aromatic heterocycles. The van der Waals surface area contributed by atoms with Crippen molar-refractivity contribution >= 4 is 27.6 Å². The minimum Gasteiger partial charge on any atom is -0.480 e. The van der Waals surface area contributed by atoms with E-state index in [0.29, 0.717) is 6.42 Å². The molecule has 0 aliphatic carbocycles. The van der Waals surface area contributed by atoms with Gasteiger partial charge in [-0.2, -0.15) is 0 Å². The molecule has 0 saturated carbocycles. The molecular formula is C17H18ClNO5S. The second-order valence-corrected chi connectivity index (χ2v) is 7.26. The summed E-state index contributed by atoms with van der Waals surface area (Å²) in [5.41, 5.74) is 1.04. The maximum Gasteiger partial charge on any atom is 0.343 e.